The lowest BCUT2D eigenvalue weighted by Crippen LogP contribution is -2.26. The van der Waals surface area contributed by atoms with Gasteiger partial charge < -0.3 is 9.30 Å². The van der Waals surface area contributed by atoms with Gasteiger partial charge in [-0.05, 0) is 12.1 Å². The Bertz CT molecular complexity index is 257. The molecule has 1 atom stereocenters. The first-order valence-corrected chi connectivity index (χ1v) is 3.69. The van der Waals surface area contributed by atoms with Gasteiger partial charge in [0.25, 0.3) is 6.47 Å². The number of nitrogens with two attached hydrogens (primary N) is 1. The van der Waals surface area contributed by atoms with Crippen LogP contribution in [0.5, 0.6) is 0 Å². The Morgan fingerprint density at radius 2 is 2.58 bits per heavy atom. The van der Waals surface area contributed by atoms with Crippen LogP contribution >= 0.6 is 0 Å². The monoisotopic (exact) mass is 168 g/mol. The lowest BCUT2D eigenvalue weighted by Gasteiger charge is -2.09. The number of ether oxygens (including phenoxy) is 1. The number of rotatable bonds is 4. The van der Waals surface area contributed by atoms with Gasteiger partial charge >= 0.3 is 0 Å². The standard InChI is InChI=1S/C8H12N2O2/c1-10-4-2-3-7(10)5-8(9)12-6-11/h2-4,6,8H,5,9H2,1H3. The Morgan fingerprint density at radius 3 is 3.08 bits per heavy atom. The minimum absolute atomic E-state index is 0.369. The fourth-order valence-electron chi connectivity index (χ4n) is 1.03. The van der Waals surface area contributed by atoms with E-state index in [0.717, 1.165) is 5.69 Å². The van der Waals surface area contributed by atoms with E-state index in [4.69, 9.17) is 5.73 Å². The summed E-state index contributed by atoms with van der Waals surface area (Å²) < 4.78 is 6.49. The van der Waals surface area contributed by atoms with E-state index in [2.05, 4.69) is 4.74 Å². The molecular formula is C8H12N2O2. The van der Waals surface area contributed by atoms with Gasteiger partial charge in [0.05, 0.1) is 0 Å². The number of hydrogen-bond donors (Lipinski definition) is 1. The van der Waals surface area contributed by atoms with Gasteiger partial charge in [-0.1, -0.05) is 0 Å². The molecule has 2 N–H and O–H groups in total. The second kappa shape index (κ2) is 3.92. The second-order valence-corrected chi connectivity index (χ2v) is 2.59. The highest BCUT2D eigenvalue weighted by Crippen LogP contribution is 2.02. The maximum atomic E-state index is 9.92. The molecule has 0 saturated heterocycles. The smallest absolute Gasteiger partial charge is 0.294 e. The van der Waals surface area contributed by atoms with Crippen molar-refractivity contribution in [2.45, 2.75) is 12.6 Å². The van der Waals surface area contributed by atoms with Gasteiger partial charge in [0.2, 0.25) is 0 Å². The van der Waals surface area contributed by atoms with Crippen LogP contribution in [-0.4, -0.2) is 17.3 Å². The minimum Gasteiger partial charge on any atom is -0.449 e. The van der Waals surface area contributed by atoms with Crippen molar-refractivity contribution in [2.24, 2.45) is 12.8 Å². The number of hydrogen-bond acceptors (Lipinski definition) is 3. The molecule has 0 aliphatic heterocycles. The maximum Gasteiger partial charge on any atom is 0.294 e. The van der Waals surface area contributed by atoms with Crippen molar-refractivity contribution in [3.05, 3.63) is 24.0 Å². The quantitative estimate of drug-likeness (QED) is 0.509. The van der Waals surface area contributed by atoms with E-state index < -0.39 is 6.23 Å². The molecular weight excluding hydrogens is 156 g/mol. The molecule has 1 aromatic rings. The summed E-state index contributed by atoms with van der Waals surface area (Å²) in [6, 6.07) is 3.86. The number of aryl methyl sites for hydroxylation is 1. The molecule has 0 aliphatic carbocycles. The molecule has 0 fully saturated rings. The predicted octanol–water partition coefficient (Wildman–Crippen LogP) is 0.0254. The van der Waals surface area contributed by atoms with Crippen LogP contribution in [0.1, 0.15) is 5.69 Å². The summed E-state index contributed by atoms with van der Waals surface area (Å²) in [6.07, 6.45) is 1.92. The molecule has 1 unspecified atom stereocenters. The number of carbonyl (C=O) groups excluding carboxylic acids is 1. The second-order valence-electron chi connectivity index (χ2n) is 2.59. The zero-order valence-electron chi connectivity index (χ0n) is 6.93. The molecule has 0 amide bonds. The molecule has 0 aliphatic rings. The fraction of sp³-hybridized carbons (Fsp3) is 0.375. The SMILES string of the molecule is Cn1cccc1CC(N)OC=O. The van der Waals surface area contributed by atoms with Crippen LogP contribution in [0.3, 0.4) is 0 Å². The molecule has 1 aromatic heterocycles. The highest BCUT2D eigenvalue weighted by atomic mass is 16.5. The molecule has 4 nitrogen and oxygen atoms in total. The lowest BCUT2D eigenvalue weighted by atomic mass is 10.3. The fourth-order valence-corrected chi connectivity index (χ4v) is 1.03. The third-order valence-corrected chi connectivity index (χ3v) is 1.69. The Labute approximate surface area is 70.9 Å². The summed E-state index contributed by atoms with van der Waals surface area (Å²) in [6.45, 7) is 0.369. The van der Waals surface area contributed by atoms with Crippen LogP contribution in [0.2, 0.25) is 0 Å². The molecule has 4 heteroatoms. The summed E-state index contributed by atoms with van der Waals surface area (Å²) in [5, 5.41) is 0. The van der Waals surface area contributed by atoms with Crippen LogP contribution in [0.4, 0.5) is 0 Å². The van der Waals surface area contributed by atoms with Crippen molar-refractivity contribution >= 4 is 6.47 Å². The van der Waals surface area contributed by atoms with Crippen molar-refractivity contribution in [3.63, 3.8) is 0 Å². The molecule has 0 spiro atoms. The van der Waals surface area contributed by atoms with E-state index in [9.17, 15) is 4.79 Å². The van der Waals surface area contributed by atoms with E-state index in [1.807, 2.05) is 29.9 Å². The minimum atomic E-state index is -0.545. The number of aromatic nitrogens is 1. The Hall–Kier alpha value is -1.29. The molecule has 0 radical (unpaired) electrons. The summed E-state index contributed by atoms with van der Waals surface area (Å²) in [4.78, 5) is 9.92. The molecule has 0 saturated carbocycles. The zero-order chi connectivity index (χ0) is 8.97. The highest BCUT2D eigenvalue weighted by molar-refractivity contribution is 5.37. The zero-order valence-corrected chi connectivity index (χ0v) is 6.93. The molecule has 12 heavy (non-hydrogen) atoms. The normalized spacial score (nSPS) is 12.5. The van der Waals surface area contributed by atoms with E-state index in [-0.39, 0.29) is 0 Å². The van der Waals surface area contributed by atoms with Crippen molar-refractivity contribution in [1.29, 1.82) is 0 Å². The van der Waals surface area contributed by atoms with Gasteiger partial charge in [0, 0.05) is 25.4 Å². The third kappa shape index (κ3) is 2.10. The number of carbonyl (C=O) groups is 1. The highest BCUT2D eigenvalue weighted by Gasteiger charge is 2.05. The van der Waals surface area contributed by atoms with Crippen molar-refractivity contribution in [1.82, 2.24) is 4.57 Å². The maximum absolute atomic E-state index is 9.92. The van der Waals surface area contributed by atoms with Gasteiger partial charge in [-0.3, -0.25) is 10.5 Å². The molecule has 66 valence electrons. The van der Waals surface area contributed by atoms with Crippen LogP contribution in [0.25, 0.3) is 0 Å². The summed E-state index contributed by atoms with van der Waals surface area (Å²) in [5.41, 5.74) is 6.52. The first-order valence-electron chi connectivity index (χ1n) is 3.69. The van der Waals surface area contributed by atoms with E-state index >= 15 is 0 Å². The van der Waals surface area contributed by atoms with E-state index in [1.54, 1.807) is 0 Å². The van der Waals surface area contributed by atoms with Gasteiger partial charge in [-0.2, -0.15) is 0 Å². The first kappa shape index (κ1) is 8.80. The van der Waals surface area contributed by atoms with Gasteiger partial charge in [0.1, 0.15) is 0 Å². The van der Waals surface area contributed by atoms with Gasteiger partial charge in [-0.15, -0.1) is 0 Å². The van der Waals surface area contributed by atoms with E-state index in [1.165, 1.54) is 0 Å². The largest absolute Gasteiger partial charge is 0.449 e. The van der Waals surface area contributed by atoms with Crippen molar-refractivity contribution in [2.75, 3.05) is 0 Å². The van der Waals surface area contributed by atoms with Crippen LogP contribution in [0.15, 0.2) is 18.3 Å². The Morgan fingerprint density at radius 1 is 1.83 bits per heavy atom. The van der Waals surface area contributed by atoms with Gasteiger partial charge in [0.15, 0.2) is 6.23 Å². The molecule has 1 rings (SSSR count). The van der Waals surface area contributed by atoms with Crippen molar-refractivity contribution < 1.29 is 9.53 Å². The summed E-state index contributed by atoms with van der Waals surface area (Å²) >= 11 is 0. The van der Waals surface area contributed by atoms with Crippen molar-refractivity contribution in [3.8, 4) is 0 Å². The van der Waals surface area contributed by atoms with E-state index in [0.29, 0.717) is 12.9 Å². The Kier molecular flexibility index (Phi) is 2.88. The first-order chi connectivity index (χ1) is 5.74. The molecule has 0 aromatic carbocycles. The third-order valence-electron chi connectivity index (χ3n) is 1.69. The average molecular weight is 168 g/mol. The molecule has 0 bridgehead atoms. The molecule has 1 heterocycles. The average Bonchev–Trinajstić information content (AvgIpc) is 2.37. The van der Waals surface area contributed by atoms with Crippen LogP contribution < -0.4 is 5.73 Å². The lowest BCUT2D eigenvalue weighted by molar-refractivity contribution is -0.133. The summed E-state index contributed by atoms with van der Waals surface area (Å²) in [5.74, 6) is 0. The summed E-state index contributed by atoms with van der Waals surface area (Å²) in [7, 11) is 1.92. The topological polar surface area (TPSA) is 57.2 Å². The number of nitrogens with zero attached hydrogens (tertiary/aromatic N) is 1. The Balaban J connectivity index is 2.51. The predicted molar refractivity (Wildman–Crippen MR) is 44.2 cm³/mol. The van der Waals surface area contributed by atoms with Crippen LogP contribution in [-0.2, 0) is 23.0 Å². The van der Waals surface area contributed by atoms with Crippen LogP contribution in [0, 0.1) is 0 Å². The van der Waals surface area contributed by atoms with Gasteiger partial charge in [-0.25, -0.2) is 0 Å².